The molecule has 0 N–H and O–H groups in total. The van der Waals surface area contributed by atoms with Crippen molar-refractivity contribution in [2.24, 2.45) is 46.3 Å². The average molecular weight is 743 g/mol. The maximum absolute atomic E-state index is 12.8. The van der Waals surface area contributed by atoms with Crippen LogP contribution in [0.2, 0.25) is 0 Å². The minimum absolute atomic E-state index is 0.118. The zero-order chi connectivity index (χ0) is 28.8. The van der Waals surface area contributed by atoms with Gasteiger partial charge in [0.1, 0.15) is 6.10 Å². The molecule has 4 aliphatic carbocycles. The third-order valence-corrected chi connectivity index (χ3v) is 13.3. The Labute approximate surface area is 267 Å². The molecule has 0 unspecified atom stereocenters. The lowest BCUT2D eigenvalue weighted by atomic mass is 9.47. The molecule has 0 saturated heterocycles. The summed E-state index contributed by atoms with van der Waals surface area (Å²) in [5.41, 5.74) is 2.29. The van der Waals surface area contributed by atoms with E-state index < -0.39 is 6.16 Å². The second-order valence-corrected chi connectivity index (χ2v) is 16.9. The molecule has 0 aliphatic heterocycles. The van der Waals surface area contributed by atoms with Crippen LogP contribution in [-0.4, -0.2) is 12.3 Å². The maximum atomic E-state index is 12.8. The highest BCUT2D eigenvalue weighted by molar-refractivity contribution is 9.11. The lowest BCUT2D eigenvalue weighted by Crippen LogP contribution is -2.51. The van der Waals surface area contributed by atoms with Gasteiger partial charge >= 0.3 is 6.16 Å². The van der Waals surface area contributed by atoms with Gasteiger partial charge in [0.2, 0.25) is 0 Å². The minimum Gasteiger partial charge on any atom is -0.430 e. The Kier molecular flexibility index (Phi) is 9.60. The third-order valence-electron chi connectivity index (χ3n) is 11.7. The lowest BCUT2D eigenvalue weighted by Gasteiger charge is -2.58. The van der Waals surface area contributed by atoms with E-state index in [1.807, 2.05) is 12.1 Å². The number of hydrogen-bond donors (Lipinski definition) is 0. The summed E-state index contributed by atoms with van der Waals surface area (Å²) >= 11 is 10.4. The summed E-state index contributed by atoms with van der Waals surface area (Å²) in [6, 6.07) is 3.72. The van der Waals surface area contributed by atoms with Crippen LogP contribution in [0.1, 0.15) is 105 Å². The SMILES string of the molecule is CC(C)CCC[C@@H](C)[C@@H]1CC[C@H]2[C@H]3CC=C4C[C@@H](OC(=O)Oc5c(Br)cc(Br)cc5Br)CC[C@]4(C)[C@@H]3CC[C@@]21C. The van der Waals surface area contributed by atoms with E-state index in [1.54, 1.807) is 0 Å². The van der Waals surface area contributed by atoms with Crippen LogP contribution in [-0.2, 0) is 4.74 Å². The number of carbonyl (C=O) groups excluding carboxylic acids is 1. The second-order valence-electron chi connectivity index (χ2n) is 14.3. The smallest absolute Gasteiger partial charge is 0.430 e. The molecule has 222 valence electrons. The summed E-state index contributed by atoms with van der Waals surface area (Å²) in [7, 11) is 0. The molecule has 6 heteroatoms. The molecule has 0 radical (unpaired) electrons. The summed E-state index contributed by atoms with van der Waals surface area (Å²) in [5.74, 6) is 5.46. The predicted octanol–water partition coefficient (Wildman–Crippen LogP) is 11.9. The Morgan fingerprint density at radius 1 is 0.975 bits per heavy atom. The van der Waals surface area contributed by atoms with Crippen molar-refractivity contribution in [2.75, 3.05) is 0 Å². The molecule has 3 saturated carbocycles. The highest BCUT2D eigenvalue weighted by Crippen LogP contribution is 2.67. The number of ether oxygens (including phenoxy) is 2. The quantitative estimate of drug-likeness (QED) is 0.158. The molecule has 1 aromatic carbocycles. The van der Waals surface area contributed by atoms with Gasteiger partial charge in [-0.3, -0.25) is 0 Å². The van der Waals surface area contributed by atoms with Gasteiger partial charge in [0.05, 0.1) is 8.95 Å². The first-order valence-electron chi connectivity index (χ1n) is 15.6. The largest absolute Gasteiger partial charge is 0.514 e. The Hall–Kier alpha value is -0.330. The third kappa shape index (κ3) is 6.03. The number of benzene rings is 1. The highest BCUT2D eigenvalue weighted by atomic mass is 79.9. The van der Waals surface area contributed by atoms with E-state index in [2.05, 4.69) is 88.5 Å². The van der Waals surface area contributed by atoms with Gasteiger partial charge in [-0.25, -0.2) is 4.79 Å². The fraction of sp³-hybridized carbons (Fsp3) is 0.735. The van der Waals surface area contributed by atoms with Crippen LogP contribution >= 0.6 is 47.8 Å². The first-order chi connectivity index (χ1) is 18.9. The summed E-state index contributed by atoms with van der Waals surface area (Å²) in [5, 5.41) is 0. The van der Waals surface area contributed by atoms with Crippen molar-refractivity contribution < 1.29 is 14.3 Å². The molecular weight excluding hydrogens is 696 g/mol. The van der Waals surface area contributed by atoms with Crippen molar-refractivity contribution in [3.05, 3.63) is 37.2 Å². The predicted molar refractivity (Wildman–Crippen MR) is 173 cm³/mol. The number of halogens is 3. The van der Waals surface area contributed by atoms with Crippen molar-refractivity contribution in [1.82, 2.24) is 0 Å². The minimum atomic E-state index is -0.625. The van der Waals surface area contributed by atoms with E-state index in [0.29, 0.717) is 20.1 Å². The first-order valence-corrected chi connectivity index (χ1v) is 18.0. The Morgan fingerprint density at radius 3 is 2.40 bits per heavy atom. The number of allylic oxidation sites excluding steroid dienone is 1. The maximum Gasteiger partial charge on any atom is 0.514 e. The monoisotopic (exact) mass is 740 g/mol. The van der Waals surface area contributed by atoms with Crippen LogP contribution in [0.5, 0.6) is 5.75 Å². The van der Waals surface area contributed by atoms with E-state index in [9.17, 15) is 4.79 Å². The topological polar surface area (TPSA) is 35.5 Å². The Balaban J connectivity index is 1.23. The molecule has 3 fully saturated rings. The normalized spacial score (nSPS) is 35.8. The van der Waals surface area contributed by atoms with Gasteiger partial charge in [-0.15, -0.1) is 0 Å². The zero-order valence-corrected chi connectivity index (χ0v) is 29.7. The van der Waals surface area contributed by atoms with Crippen LogP contribution in [0.25, 0.3) is 0 Å². The molecule has 5 rings (SSSR count). The Morgan fingerprint density at radius 2 is 1.70 bits per heavy atom. The summed E-state index contributed by atoms with van der Waals surface area (Å²) in [4.78, 5) is 12.8. The van der Waals surface area contributed by atoms with Crippen LogP contribution in [0.15, 0.2) is 37.2 Å². The van der Waals surface area contributed by atoms with Gasteiger partial charge in [-0.05, 0) is 135 Å². The lowest BCUT2D eigenvalue weighted by molar-refractivity contribution is -0.0597. The number of rotatable bonds is 7. The van der Waals surface area contributed by atoms with Crippen molar-refractivity contribution in [3.63, 3.8) is 0 Å². The fourth-order valence-corrected chi connectivity index (χ4v) is 12.0. The standard InChI is InChI=1S/C34H47Br3O3/c1-20(2)7-6-8-21(3)26-11-12-27-25-10-9-22-17-24(13-15-33(22,4)28(25)14-16-34(26,27)5)39-32(38)40-31-29(36)18-23(35)19-30(31)37/h9,18-21,24-28H,6-8,10-17H2,1-5H3/t21-,24+,25-,26+,27+,28-,33+,34-/m1/s1. The number of carbonyl (C=O) groups is 1. The molecule has 3 nitrogen and oxygen atoms in total. The number of fused-ring (bicyclic) bond motifs is 5. The van der Waals surface area contributed by atoms with Crippen molar-refractivity contribution in [3.8, 4) is 5.75 Å². The van der Waals surface area contributed by atoms with E-state index in [1.165, 1.54) is 56.9 Å². The number of hydrogen-bond acceptors (Lipinski definition) is 3. The molecule has 0 aromatic heterocycles. The molecule has 0 heterocycles. The van der Waals surface area contributed by atoms with Crippen LogP contribution < -0.4 is 4.74 Å². The first kappa shape index (κ1) is 31.1. The average Bonchev–Trinajstić information content (AvgIpc) is 3.23. The molecule has 40 heavy (non-hydrogen) atoms. The van der Waals surface area contributed by atoms with Crippen molar-refractivity contribution in [1.29, 1.82) is 0 Å². The van der Waals surface area contributed by atoms with E-state index in [-0.39, 0.29) is 11.5 Å². The van der Waals surface area contributed by atoms with E-state index in [0.717, 1.165) is 59.2 Å². The molecule has 0 spiro atoms. The molecule has 0 bridgehead atoms. The molecule has 0 amide bonds. The van der Waals surface area contributed by atoms with Crippen molar-refractivity contribution >= 4 is 53.9 Å². The van der Waals surface area contributed by atoms with Gasteiger partial charge in [-0.2, -0.15) is 0 Å². The summed E-state index contributed by atoms with van der Waals surface area (Å²) in [6.45, 7) is 12.5. The fourth-order valence-electron chi connectivity index (χ4n) is 9.62. The van der Waals surface area contributed by atoms with Gasteiger partial charge in [0, 0.05) is 10.9 Å². The van der Waals surface area contributed by atoms with E-state index in [4.69, 9.17) is 9.47 Å². The van der Waals surface area contributed by atoms with Gasteiger partial charge < -0.3 is 9.47 Å². The van der Waals surface area contributed by atoms with Crippen molar-refractivity contribution in [2.45, 2.75) is 111 Å². The molecule has 1 aromatic rings. The van der Waals surface area contributed by atoms with Gasteiger partial charge in [0.15, 0.2) is 5.75 Å². The van der Waals surface area contributed by atoms with Gasteiger partial charge in [-0.1, -0.05) is 81.5 Å². The molecule has 4 aliphatic rings. The molecular formula is C34H47Br3O3. The van der Waals surface area contributed by atoms with Gasteiger partial charge in [0.25, 0.3) is 0 Å². The summed E-state index contributed by atoms with van der Waals surface area (Å²) in [6.07, 6.45) is 15.7. The van der Waals surface area contributed by atoms with Crippen LogP contribution in [0, 0.1) is 46.3 Å². The second kappa shape index (κ2) is 12.3. The summed E-state index contributed by atoms with van der Waals surface area (Å²) < 4.78 is 13.8. The highest BCUT2D eigenvalue weighted by Gasteiger charge is 2.59. The molecule has 8 atom stereocenters. The van der Waals surface area contributed by atoms with Crippen LogP contribution in [0.4, 0.5) is 4.79 Å². The Bertz CT molecular complexity index is 1110. The van der Waals surface area contributed by atoms with E-state index >= 15 is 0 Å². The van der Waals surface area contributed by atoms with Crippen LogP contribution in [0.3, 0.4) is 0 Å². The zero-order valence-electron chi connectivity index (χ0n) is 24.9.